The van der Waals surface area contributed by atoms with Crippen LogP contribution in [0.3, 0.4) is 0 Å². The van der Waals surface area contributed by atoms with Crippen LogP contribution >= 0.6 is 0 Å². The zero-order valence-corrected chi connectivity index (χ0v) is 14.4. The summed E-state index contributed by atoms with van der Waals surface area (Å²) in [5.74, 6) is 0.717. The van der Waals surface area contributed by atoms with E-state index in [9.17, 15) is 13.2 Å². The van der Waals surface area contributed by atoms with E-state index in [4.69, 9.17) is 0 Å². The molecule has 1 aliphatic heterocycles. The van der Waals surface area contributed by atoms with Gasteiger partial charge in [0, 0.05) is 49.6 Å². The van der Waals surface area contributed by atoms with Crippen molar-refractivity contribution < 1.29 is 13.2 Å². The van der Waals surface area contributed by atoms with Crippen molar-refractivity contribution in [2.45, 2.75) is 25.7 Å². The second kappa shape index (κ2) is 7.08. The van der Waals surface area contributed by atoms with Gasteiger partial charge >= 0.3 is 6.18 Å². The van der Waals surface area contributed by atoms with Crippen LogP contribution in [0, 0.1) is 0 Å². The highest BCUT2D eigenvalue weighted by Gasteiger charge is 2.32. The number of benzene rings is 1. The highest BCUT2D eigenvalue weighted by atomic mass is 19.4. The Bertz CT molecular complexity index is 924. The van der Waals surface area contributed by atoms with Crippen LogP contribution in [-0.2, 0) is 25.7 Å². The Morgan fingerprint density at radius 2 is 1.78 bits per heavy atom. The summed E-state index contributed by atoms with van der Waals surface area (Å²) in [7, 11) is 0. The molecule has 4 rings (SSSR count). The quantitative estimate of drug-likeness (QED) is 0.696. The predicted octanol–water partition coefficient (Wildman–Crippen LogP) is 4.12. The van der Waals surface area contributed by atoms with Crippen LogP contribution in [0.5, 0.6) is 0 Å². The van der Waals surface area contributed by atoms with Gasteiger partial charge in [0.15, 0.2) is 5.82 Å². The normalized spacial score (nSPS) is 14.8. The lowest BCUT2D eigenvalue weighted by Gasteiger charge is -2.28. The number of pyridine rings is 1. The highest BCUT2D eigenvalue weighted by Crippen LogP contribution is 2.27. The van der Waals surface area contributed by atoms with Gasteiger partial charge in [-0.25, -0.2) is 9.97 Å². The van der Waals surface area contributed by atoms with Crippen LogP contribution in [0.2, 0.25) is 0 Å². The summed E-state index contributed by atoms with van der Waals surface area (Å²) in [5.41, 5.74) is 2.97. The van der Waals surface area contributed by atoms with Crippen molar-refractivity contribution in [3.8, 4) is 11.4 Å². The molecule has 3 aromatic rings. The molecule has 1 aromatic carbocycles. The number of rotatable bonds is 3. The minimum absolute atomic E-state index is 0.547. The largest absolute Gasteiger partial charge is 0.433 e. The van der Waals surface area contributed by atoms with E-state index in [0.29, 0.717) is 13.1 Å². The Balaban J connectivity index is 1.46. The fourth-order valence-electron chi connectivity index (χ4n) is 3.18. The van der Waals surface area contributed by atoms with Crippen LogP contribution < -0.4 is 0 Å². The first kappa shape index (κ1) is 17.6. The van der Waals surface area contributed by atoms with E-state index in [2.05, 4.69) is 19.9 Å². The van der Waals surface area contributed by atoms with Crippen molar-refractivity contribution in [1.29, 1.82) is 0 Å². The van der Waals surface area contributed by atoms with Crippen molar-refractivity contribution in [2.24, 2.45) is 0 Å². The molecule has 1 aliphatic rings. The summed E-state index contributed by atoms with van der Waals surface area (Å²) < 4.78 is 37.8. The van der Waals surface area contributed by atoms with Crippen molar-refractivity contribution in [3.05, 3.63) is 77.4 Å². The molecular weight excluding hydrogens is 353 g/mol. The molecule has 4 nitrogen and oxygen atoms in total. The number of aromatic nitrogens is 3. The second-order valence-corrected chi connectivity index (χ2v) is 6.54. The van der Waals surface area contributed by atoms with Crippen LogP contribution in [-0.4, -0.2) is 26.4 Å². The lowest BCUT2D eigenvalue weighted by molar-refractivity contribution is -0.141. The first-order valence-electron chi connectivity index (χ1n) is 8.64. The minimum Gasteiger partial charge on any atom is -0.294 e. The van der Waals surface area contributed by atoms with E-state index in [-0.39, 0.29) is 0 Å². The average molecular weight is 370 g/mol. The number of halogens is 3. The number of fused-ring (bicyclic) bond motifs is 1. The van der Waals surface area contributed by atoms with E-state index >= 15 is 0 Å². The second-order valence-electron chi connectivity index (χ2n) is 6.54. The van der Waals surface area contributed by atoms with E-state index in [1.54, 1.807) is 0 Å². The molecule has 0 spiro atoms. The molecule has 0 fully saturated rings. The van der Waals surface area contributed by atoms with Gasteiger partial charge in [-0.05, 0) is 11.6 Å². The summed E-state index contributed by atoms with van der Waals surface area (Å²) in [4.78, 5) is 14.8. The molecule has 138 valence electrons. The van der Waals surface area contributed by atoms with Gasteiger partial charge in [-0.15, -0.1) is 0 Å². The Morgan fingerprint density at radius 3 is 2.48 bits per heavy atom. The molecule has 3 heterocycles. The molecule has 0 saturated carbocycles. The Morgan fingerprint density at radius 1 is 0.963 bits per heavy atom. The molecule has 0 bridgehead atoms. The van der Waals surface area contributed by atoms with Gasteiger partial charge in [0.05, 0.1) is 5.69 Å². The fraction of sp³-hybridized carbons (Fsp3) is 0.250. The lowest BCUT2D eigenvalue weighted by Crippen LogP contribution is -2.31. The number of hydrogen-bond donors (Lipinski definition) is 0. The van der Waals surface area contributed by atoms with Crippen LogP contribution in [0.4, 0.5) is 13.2 Å². The SMILES string of the molecule is FC(F)(F)c1ccc(CN2CCc3nc(-c4ccccc4)ncc3C2)cn1. The van der Waals surface area contributed by atoms with Crippen LogP contribution in [0.25, 0.3) is 11.4 Å². The molecule has 0 amide bonds. The highest BCUT2D eigenvalue weighted by molar-refractivity contribution is 5.54. The summed E-state index contributed by atoms with van der Waals surface area (Å²) in [6, 6.07) is 12.3. The van der Waals surface area contributed by atoms with E-state index < -0.39 is 11.9 Å². The third-order valence-electron chi connectivity index (χ3n) is 4.57. The molecule has 0 radical (unpaired) electrons. The maximum atomic E-state index is 12.6. The first-order chi connectivity index (χ1) is 13.0. The number of alkyl halides is 3. The Hall–Kier alpha value is -2.80. The van der Waals surface area contributed by atoms with Gasteiger partial charge < -0.3 is 0 Å². The van der Waals surface area contributed by atoms with Crippen molar-refractivity contribution in [3.63, 3.8) is 0 Å². The van der Waals surface area contributed by atoms with Gasteiger partial charge in [0.25, 0.3) is 0 Å². The molecule has 0 N–H and O–H groups in total. The smallest absolute Gasteiger partial charge is 0.294 e. The lowest BCUT2D eigenvalue weighted by atomic mass is 10.1. The Kier molecular flexibility index (Phi) is 4.61. The molecule has 27 heavy (non-hydrogen) atoms. The monoisotopic (exact) mass is 370 g/mol. The molecule has 0 saturated heterocycles. The summed E-state index contributed by atoms with van der Waals surface area (Å²) in [5, 5.41) is 0. The van der Waals surface area contributed by atoms with Crippen molar-refractivity contribution in [1.82, 2.24) is 19.9 Å². The molecular formula is C20H17F3N4. The number of nitrogens with zero attached hydrogens (tertiary/aromatic N) is 4. The minimum atomic E-state index is -4.41. The maximum absolute atomic E-state index is 12.6. The molecule has 7 heteroatoms. The molecule has 0 unspecified atom stereocenters. The first-order valence-corrected chi connectivity index (χ1v) is 8.64. The molecule has 0 aliphatic carbocycles. The molecule has 2 aromatic heterocycles. The fourth-order valence-corrected chi connectivity index (χ4v) is 3.18. The number of hydrogen-bond acceptors (Lipinski definition) is 4. The standard InChI is InChI=1S/C20H17F3N4/c21-20(22,23)18-7-6-14(10-24-18)12-27-9-8-17-16(13-27)11-25-19(26-17)15-4-2-1-3-5-15/h1-7,10-11H,8-9,12-13H2. The maximum Gasteiger partial charge on any atom is 0.433 e. The third kappa shape index (κ3) is 3.98. The third-order valence-corrected chi connectivity index (χ3v) is 4.57. The van der Waals surface area contributed by atoms with Crippen molar-refractivity contribution in [2.75, 3.05) is 6.54 Å². The molecule has 0 atom stereocenters. The average Bonchev–Trinajstić information content (AvgIpc) is 2.68. The van der Waals surface area contributed by atoms with Gasteiger partial charge in [0.1, 0.15) is 5.69 Å². The van der Waals surface area contributed by atoms with E-state index in [1.165, 1.54) is 12.3 Å². The zero-order valence-electron chi connectivity index (χ0n) is 14.4. The van der Waals surface area contributed by atoms with Gasteiger partial charge in [-0.2, -0.15) is 13.2 Å². The zero-order chi connectivity index (χ0) is 18.9. The predicted molar refractivity (Wildman–Crippen MR) is 94.5 cm³/mol. The summed E-state index contributed by atoms with van der Waals surface area (Å²) >= 11 is 0. The Labute approximate surface area is 154 Å². The van der Waals surface area contributed by atoms with Crippen LogP contribution in [0.1, 0.15) is 22.5 Å². The summed E-state index contributed by atoms with van der Waals surface area (Å²) in [6.45, 7) is 2.01. The van der Waals surface area contributed by atoms with E-state index in [1.807, 2.05) is 36.5 Å². The summed E-state index contributed by atoms with van der Waals surface area (Å²) in [6.07, 6.45) is -0.475. The van der Waals surface area contributed by atoms with Crippen molar-refractivity contribution >= 4 is 0 Å². The van der Waals surface area contributed by atoms with Gasteiger partial charge in [-0.1, -0.05) is 36.4 Å². The van der Waals surface area contributed by atoms with E-state index in [0.717, 1.165) is 47.2 Å². The van der Waals surface area contributed by atoms with Gasteiger partial charge in [-0.3, -0.25) is 9.88 Å². The van der Waals surface area contributed by atoms with Crippen LogP contribution in [0.15, 0.2) is 54.9 Å². The van der Waals surface area contributed by atoms with Gasteiger partial charge in [0.2, 0.25) is 0 Å². The topological polar surface area (TPSA) is 41.9 Å².